The van der Waals surface area contributed by atoms with Gasteiger partial charge in [-0.05, 0) is 0 Å². The average molecular weight is 119 g/mol. The van der Waals surface area contributed by atoms with Gasteiger partial charge in [0.05, 0.1) is 13.0 Å². The first-order valence-electron chi connectivity index (χ1n) is 2.24. The number of hydrogen-bond acceptors (Lipinski definition) is 3. The molecule has 0 aromatic heterocycles. The first-order valence-corrected chi connectivity index (χ1v) is 2.24. The predicted octanol–water partition coefficient (Wildman–Crippen LogP) is -0.784. The number of nitrogens with zero attached hydrogens (tertiary/aromatic N) is 1. The van der Waals surface area contributed by atoms with E-state index in [0.29, 0.717) is 5.06 Å². The number of carbonyl (C=O) groups is 1. The third-order valence-corrected chi connectivity index (χ3v) is 0.687. The Morgan fingerprint density at radius 3 is 2.38 bits per heavy atom. The fourth-order valence-corrected chi connectivity index (χ4v) is 0.257. The Bertz CT molecular complexity index is 81.4. The Morgan fingerprint density at radius 2 is 2.25 bits per heavy atom. The van der Waals surface area contributed by atoms with Crippen molar-refractivity contribution in [2.75, 3.05) is 13.7 Å². The SMILES string of the molecule is CN(O)C(=O)CCO. The molecule has 4 heteroatoms. The normalized spacial score (nSPS) is 8.88. The molecule has 0 aliphatic carbocycles. The Labute approximate surface area is 47.3 Å². The van der Waals surface area contributed by atoms with Crippen molar-refractivity contribution in [1.82, 2.24) is 5.06 Å². The Hall–Kier alpha value is -0.610. The number of hydroxylamine groups is 2. The first kappa shape index (κ1) is 7.39. The summed E-state index contributed by atoms with van der Waals surface area (Å²) in [7, 11) is 1.22. The van der Waals surface area contributed by atoms with Crippen LogP contribution in [0.5, 0.6) is 0 Å². The second-order valence-electron chi connectivity index (χ2n) is 1.39. The van der Waals surface area contributed by atoms with Gasteiger partial charge in [-0.3, -0.25) is 10.0 Å². The van der Waals surface area contributed by atoms with Gasteiger partial charge in [-0.1, -0.05) is 0 Å². The van der Waals surface area contributed by atoms with Gasteiger partial charge in [-0.25, -0.2) is 5.06 Å². The predicted molar refractivity (Wildman–Crippen MR) is 26.3 cm³/mol. The van der Waals surface area contributed by atoms with Gasteiger partial charge in [0, 0.05) is 7.05 Å². The summed E-state index contributed by atoms with van der Waals surface area (Å²) in [4.78, 5) is 10.3. The molecule has 4 nitrogen and oxygen atoms in total. The standard InChI is InChI=1S/C4H9NO3/c1-5(8)4(7)2-3-6/h6,8H,2-3H2,1H3. The van der Waals surface area contributed by atoms with Crippen molar-refractivity contribution in [2.45, 2.75) is 6.42 Å². The molecule has 0 radical (unpaired) electrons. The van der Waals surface area contributed by atoms with Crippen molar-refractivity contribution >= 4 is 5.91 Å². The van der Waals surface area contributed by atoms with E-state index < -0.39 is 5.91 Å². The molecule has 0 aliphatic rings. The summed E-state index contributed by atoms with van der Waals surface area (Å²) in [5.41, 5.74) is 0. The van der Waals surface area contributed by atoms with Crippen molar-refractivity contribution < 1.29 is 15.1 Å². The number of aliphatic hydroxyl groups excluding tert-OH is 1. The second kappa shape index (κ2) is 3.40. The lowest BCUT2D eigenvalue weighted by Gasteiger charge is -2.04. The third-order valence-electron chi connectivity index (χ3n) is 0.687. The van der Waals surface area contributed by atoms with E-state index in [0.717, 1.165) is 0 Å². The van der Waals surface area contributed by atoms with Crippen molar-refractivity contribution in [1.29, 1.82) is 0 Å². The zero-order chi connectivity index (χ0) is 6.57. The minimum absolute atomic E-state index is 0.0208. The molecule has 0 spiro atoms. The average Bonchev–Trinajstić information content (AvgIpc) is 1.67. The summed E-state index contributed by atoms with van der Waals surface area (Å²) in [6.45, 7) is -0.219. The number of amides is 1. The number of rotatable bonds is 2. The van der Waals surface area contributed by atoms with Crippen molar-refractivity contribution in [3.05, 3.63) is 0 Å². The largest absolute Gasteiger partial charge is 0.396 e. The van der Waals surface area contributed by atoms with E-state index in [-0.39, 0.29) is 13.0 Å². The molecule has 0 atom stereocenters. The minimum Gasteiger partial charge on any atom is -0.396 e. The van der Waals surface area contributed by atoms with E-state index in [1.165, 1.54) is 7.05 Å². The van der Waals surface area contributed by atoms with Crippen LogP contribution in [-0.2, 0) is 4.79 Å². The fourth-order valence-electron chi connectivity index (χ4n) is 0.257. The quantitative estimate of drug-likeness (QED) is 0.370. The molecule has 0 aliphatic heterocycles. The second-order valence-corrected chi connectivity index (χ2v) is 1.39. The first-order chi connectivity index (χ1) is 3.68. The minimum atomic E-state index is -0.479. The van der Waals surface area contributed by atoms with Crippen LogP contribution in [0.3, 0.4) is 0 Å². The molecule has 0 bridgehead atoms. The zero-order valence-electron chi connectivity index (χ0n) is 4.66. The lowest BCUT2D eigenvalue weighted by atomic mass is 10.4. The van der Waals surface area contributed by atoms with Gasteiger partial charge >= 0.3 is 0 Å². The monoisotopic (exact) mass is 119 g/mol. The summed E-state index contributed by atoms with van der Waals surface area (Å²) < 4.78 is 0. The Balaban J connectivity index is 3.33. The maximum Gasteiger partial charge on any atom is 0.247 e. The van der Waals surface area contributed by atoms with Crippen LogP contribution in [-0.4, -0.2) is 34.9 Å². The van der Waals surface area contributed by atoms with Gasteiger partial charge in [-0.2, -0.15) is 0 Å². The summed E-state index contributed by atoms with van der Waals surface area (Å²) in [6, 6.07) is 0. The smallest absolute Gasteiger partial charge is 0.247 e. The fraction of sp³-hybridized carbons (Fsp3) is 0.750. The summed E-state index contributed by atoms with van der Waals surface area (Å²) >= 11 is 0. The van der Waals surface area contributed by atoms with Crippen LogP contribution < -0.4 is 0 Å². The van der Waals surface area contributed by atoms with Crippen molar-refractivity contribution in [2.24, 2.45) is 0 Å². The van der Waals surface area contributed by atoms with Crippen LogP contribution in [0.15, 0.2) is 0 Å². The molecular weight excluding hydrogens is 110 g/mol. The van der Waals surface area contributed by atoms with Gasteiger partial charge < -0.3 is 5.11 Å². The molecule has 0 aromatic rings. The van der Waals surface area contributed by atoms with E-state index >= 15 is 0 Å². The number of hydrogen-bond donors (Lipinski definition) is 2. The molecule has 0 rings (SSSR count). The van der Waals surface area contributed by atoms with Gasteiger partial charge in [0.1, 0.15) is 0 Å². The van der Waals surface area contributed by atoms with E-state index in [1.54, 1.807) is 0 Å². The van der Waals surface area contributed by atoms with Crippen LogP contribution in [0.4, 0.5) is 0 Å². The van der Waals surface area contributed by atoms with Crippen molar-refractivity contribution in [3.8, 4) is 0 Å². The molecule has 2 N–H and O–H groups in total. The molecule has 0 unspecified atom stereocenters. The van der Waals surface area contributed by atoms with Crippen LogP contribution in [0.1, 0.15) is 6.42 Å². The molecule has 0 saturated heterocycles. The summed E-state index contributed by atoms with van der Waals surface area (Å²) in [5, 5.41) is 16.9. The van der Waals surface area contributed by atoms with Crippen LogP contribution in [0.25, 0.3) is 0 Å². The number of aliphatic hydroxyl groups is 1. The maximum atomic E-state index is 10.3. The topological polar surface area (TPSA) is 60.8 Å². The third kappa shape index (κ3) is 2.54. The summed E-state index contributed by atoms with van der Waals surface area (Å²) in [5.74, 6) is -0.479. The maximum absolute atomic E-state index is 10.3. The van der Waals surface area contributed by atoms with Gasteiger partial charge in [0.25, 0.3) is 0 Å². The lowest BCUT2D eigenvalue weighted by Crippen LogP contribution is -2.22. The van der Waals surface area contributed by atoms with Crippen LogP contribution in [0.2, 0.25) is 0 Å². The van der Waals surface area contributed by atoms with E-state index in [9.17, 15) is 4.79 Å². The Morgan fingerprint density at radius 1 is 1.75 bits per heavy atom. The molecule has 0 aromatic carbocycles. The van der Waals surface area contributed by atoms with Crippen LogP contribution >= 0.6 is 0 Å². The molecular formula is C4H9NO3. The molecule has 1 amide bonds. The molecule has 0 fully saturated rings. The molecule has 48 valence electrons. The Kier molecular flexibility index (Phi) is 3.14. The molecule has 0 saturated carbocycles. The highest BCUT2D eigenvalue weighted by atomic mass is 16.5. The highest BCUT2D eigenvalue weighted by molar-refractivity contribution is 5.74. The van der Waals surface area contributed by atoms with Gasteiger partial charge in [0.2, 0.25) is 5.91 Å². The van der Waals surface area contributed by atoms with E-state index in [2.05, 4.69) is 0 Å². The zero-order valence-corrected chi connectivity index (χ0v) is 4.66. The van der Waals surface area contributed by atoms with Crippen LogP contribution in [0, 0.1) is 0 Å². The van der Waals surface area contributed by atoms with Crippen molar-refractivity contribution in [3.63, 3.8) is 0 Å². The van der Waals surface area contributed by atoms with Gasteiger partial charge in [0.15, 0.2) is 0 Å². The van der Waals surface area contributed by atoms with E-state index in [1.807, 2.05) is 0 Å². The highest BCUT2D eigenvalue weighted by Gasteiger charge is 2.01. The lowest BCUT2D eigenvalue weighted by molar-refractivity contribution is -0.159. The highest BCUT2D eigenvalue weighted by Crippen LogP contribution is 1.82. The van der Waals surface area contributed by atoms with E-state index in [4.69, 9.17) is 10.3 Å². The molecule has 0 heterocycles. The molecule has 8 heavy (non-hydrogen) atoms. The number of carbonyl (C=O) groups excluding carboxylic acids is 1. The summed E-state index contributed by atoms with van der Waals surface area (Å²) in [6.07, 6.45) is -0.0208. The van der Waals surface area contributed by atoms with Gasteiger partial charge in [-0.15, -0.1) is 0 Å².